The second-order valence-electron chi connectivity index (χ2n) is 6.47. The summed E-state index contributed by atoms with van der Waals surface area (Å²) in [7, 11) is -10.5. The topological polar surface area (TPSA) is 347 Å². The quantitative estimate of drug-likeness (QED) is 0.0805. The van der Waals surface area contributed by atoms with Crippen LogP contribution in [0.3, 0.4) is 0 Å². The second-order valence-corrected chi connectivity index (χ2v) is 8.49. The average molecular weight is 592 g/mol. The molecule has 0 aromatic carbocycles. The fraction of sp³-hybridized carbons (Fsp3) is 0.833. The maximum Gasteiger partial charge on any atom is 1.00 e. The Morgan fingerprint density at radius 2 is 0.861 bits per heavy atom. The summed E-state index contributed by atoms with van der Waals surface area (Å²) < 4.78 is 77.6. The van der Waals surface area contributed by atoms with Gasteiger partial charge in [0.15, 0.2) is 37.0 Å². The van der Waals surface area contributed by atoms with Crippen molar-refractivity contribution in [3.8, 4) is 0 Å². The van der Waals surface area contributed by atoms with Crippen molar-refractivity contribution in [1.29, 1.82) is 0 Å². The SMILES string of the molecule is O=C(O)[C@@H]1O[C@@H](O)[C@H](OS(=O)(=O)[O-])[C@@H](O)[C@@H]1O.O=C(O)[C@@H]1O[C@@H](O)[C@H](OS(=O)(=O)[O-])[C@@H](O)[C@@H]1O.[Na+].[Na+]. The zero-order valence-electron chi connectivity index (χ0n) is 18.1. The Kier molecular flexibility index (Phi) is 16.3. The third-order valence-electron chi connectivity index (χ3n) is 4.07. The van der Waals surface area contributed by atoms with Crippen LogP contribution in [0.5, 0.6) is 0 Å². The first-order valence-corrected chi connectivity index (χ1v) is 11.1. The van der Waals surface area contributed by atoms with Crippen molar-refractivity contribution in [2.75, 3.05) is 0 Å². The van der Waals surface area contributed by atoms with E-state index in [2.05, 4.69) is 17.8 Å². The van der Waals surface area contributed by atoms with Crippen molar-refractivity contribution >= 4 is 32.7 Å². The number of aliphatic carboxylic acids is 2. The average Bonchev–Trinajstić information content (AvgIpc) is 2.66. The summed E-state index contributed by atoms with van der Waals surface area (Å²) in [5.41, 5.74) is 0. The van der Waals surface area contributed by atoms with Crippen LogP contribution in [-0.4, -0.2) is 140 Å². The fourth-order valence-electron chi connectivity index (χ4n) is 2.59. The number of carboxylic acids is 2. The van der Waals surface area contributed by atoms with Crippen LogP contribution < -0.4 is 59.1 Å². The Morgan fingerprint density at radius 3 is 1.06 bits per heavy atom. The van der Waals surface area contributed by atoms with Crippen LogP contribution in [-0.2, 0) is 48.2 Å². The molecule has 2 rings (SSSR count). The molecule has 2 fully saturated rings. The van der Waals surface area contributed by atoms with Crippen LogP contribution in [0.1, 0.15) is 0 Å². The van der Waals surface area contributed by atoms with E-state index in [1.807, 2.05) is 0 Å². The largest absolute Gasteiger partial charge is 1.00 e. The molecule has 200 valence electrons. The van der Waals surface area contributed by atoms with Crippen molar-refractivity contribution in [3.63, 3.8) is 0 Å². The Morgan fingerprint density at radius 1 is 0.611 bits per heavy atom. The van der Waals surface area contributed by atoms with Gasteiger partial charge in [-0.15, -0.1) is 0 Å². The number of aliphatic hydroxyl groups is 6. The molecule has 0 saturated carbocycles. The molecule has 0 unspecified atom stereocenters. The molecular weight excluding hydrogens is 574 g/mol. The van der Waals surface area contributed by atoms with Crippen molar-refractivity contribution in [2.45, 2.75) is 61.4 Å². The summed E-state index contributed by atoms with van der Waals surface area (Å²) >= 11 is 0. The number of hydrogen-bond donors (Lipinski definition) is 8. The monoisotopic (exact) mass is 592 g/mol. The molecular formula is C12H18Na2O20S2. The minimum Gasteiger partial charge on any atom is -0.726 e. The maximum atomic E-state index is 10.5. The van der Waals surface area contributed by atoms with Gasteiger partial charge in [0, 0.05) is 0 Å². The van der Waals surface area contributed by atoms with E-state index in [0.29, 0.717) is 0 Å². The Bertz CT molecular complexity index is 866. The first-order valence-electron chi connectivity index (χ1n) is 8.40. The summed E-state index contributed by atoms with van der Waals surface area (Å²) in [6.45, 7) is 0. The predicted molar refractivity (Wildman–Crippen MR) is 90.2 cm³/mol. The minimum atomic E-state index is -5.26. The summed E-state index contributed by atoms with van der Waals surface area (Å²) in [6.07, 6.45) is -20.8. The van der Waals surface area contributed by atoms with Crippen molar-refractivity contribution in [2.24, 2.45) is 0 Å². The van der Waals surface area contributed by atoms with Gasteiger partial charge in [-0.3, -0.25) is 8.37 Å². The fourth-order valence-corrected chi connectivity index (χ4v) is 3.55. The van der Waals surface area contributed by atoms with Gasteiger partial charge in [-0.05, 0) is 0 Å². The summed E-state index contributed by atoms with van der Waals surface area (Å²) in [4.78, 5) is 21.0. The Balaban J connectivity index is 0. The standard InChI is InChI=1S/2C6H10O10S.2Na/c2*7-1-2(8)4(16-17(12,13)14)6(11)15-3(1)5(9)10;;/h2*1-4,6-8,11H,(H,9,10)(H,12,13,14);;/q;;2*+1/p-2/t2*1-,2-,3+,4+,6+;;/m00../s1. The van der Waals surface area contributed by atoms with E-state index in [1.54, 1.807) is 0 Å². The van der Waals surface area contributed by atoms with Gasteiger partial charge in [-0.1, -0.05) is 0 Å². The van der Waals surface area contributed by atoms with Crippen LogP contribution in [0.15, 0.2) is 0 Å². The molecule has 10 atom stereocenters. The van der Waals surface area contributed by atoms with Gasteiger partial charge < -0.3 is 59.4 Å². The molecule has 0 radical (unpaired) electrons. The van der Waals surface area contributed by atoms with E-state index in [0.717, 1.165) is 0 Å². The molecule has 0 aromatic heterocycles. The first kappa shape index (κ1) is 38.5. The van der Waals surface area contributed by atoms with Crippen LogP contribution in [0.25, 0.3) is 0 Å². The molecule has 2 aliphatic rings. The smallest absolute Gasteiger partial charge is 0.726 e. The summed E-state index contributed by atoms with van der Waals surface area (Å²) in [6, 6.07) is 0. The third kappa shape index (κ3) is 11.2. The number of aliphatic hydroxyl groups excluding tert-OH is 6. The molecule has 0 bridgehead atoms. The maximum absolute atomic E-state index is 10.5. The second kappa shape index (κ2) is 15.2. The normalized spacial score (nSPS) is 36.8. The zero-order valence-corrected chi connectivity index (χ0v) is 23.7. The molecule has 0 spiro atoms. The zero-order chi connectivity index (χ0) is 26.8. The molecule has 0 aromatic rings. The molecule has 2 heterocycles. The Hall–Kier alpha value is 0.360. The van der Waals surface area contributed by atoms with Crippen molar-refractivity contribution < 1.29 is 153 Å². The van der Waals surface area contributed by atoms with Gasteiger partial charge in [0.1, 0.15) is 24.4 Å². The van der Waals surface area contributed by atoms with E-state index in [-0.39, 0.29) is 59.1 Å². The Labute approximate surface area is 245 Å². The van der Waals surface area contributed by atoms with Gasteiger partial charge in [0.05, 0.1) is 0 Å². The van der Waals surface area contributed by atoms with Gasteiger partial charge >= 0.3 is 71.1 Å². The van der Waals surface area contributed by atoms with E-state index in [9.17, 15) is 56.0 Å². The number of rotatable bonds is 6. The summed E-state index contributed by atoms with van der Waals surface area (Å²) in [5, 5.41) is 72.5. The first-order chi connectivity index (χ1) is 15.3. The van der Waals surface area contributed by atoms with E-state index in [1.165, 1.54) is 0 Å². The van der Waals surface area contributed by atoms with Gasteiger partial charge in [-0.25, -0.2) is 26.4 Å². The van der Waals surface area contributed by atoms with Crippen LogP contribution in [0.4, 0.5) is 0 Å². The molecule has 36 heavy (non-hydrogen) atoms. The van der Waals surface area contributed by atoms with E-state index in [4.69, 9.17) is 20.4 Å². The molecule has 0 amide bonds. The van der Waals surface area contributed by atoms with E-state index < -0.39 is 94.1 Å². The molecule has 2 aliphatic heterocycles. The number of carbonyl (C=O) groups is 2. The summed E-state index contributed by atoms with van der Waals surface area (Å²) in [5.74, 6) is -3.36. The number of hydrogen-bond acceptors (Lipinski definition) is 18. The van der Waals surface area contributed by atoms with Gasteiger partial charge in [0.2, 0.25) is 20.8 Å². The van der Waals surface area contributed by atoms with Crippen LogP contribution >= 0.6 is 0 Å². The van der Waals surface area contributed by atoms with Crippen LogP contribution in [0, 0.1) is 0 Å². The minimum absolute atomic E-state index is 0. The van der Waals surface area contributed by atoms with Crippen molar-refractivity contribution in [1.82, 2.24) is 0 Å². The van der Waals surface area contributed by atoms with Gasteiger partial charge in [0.25, 0.3) is 0 Å². The molecule has 0 aliphatic carbocycles. The third-order valence-corrected chi connectivity index (χ3v) is 4.99. The number of carboxylic acid groups (broad SMARTS) is 2. The predicted octanol–water partition coefficient (Wildman–Crippen LogP) is -13.3. The van der Waals surface area contributed by atoms with Crippen LogP contribution in [0.2, 0.25) is 0 Å². The molecule has 24 heteroatoms. The molecule has 20 nitrogen and oxygen atoms in total. The van der Waals surface area contributed by atoms with Gasteiger partial charge in [-0.2, -0.15) is 0 Å². The molecule has 2 saturated heterocycles. The molecule has 8 N–H and O–H groups in total. The van der Waals surface area contributed by atoms with Crippen molar-refractivity contribution in [3.05, 3.63) is 0 Å². The number of ether oxygens (including phenoxy) is 2. The van der Waals surface area contributed by atoms with E-state index >= 15 is 0 Å².